The summed E-state index contributed by atoms with van der Waals surface area (Å²) in [5.41, 5.74) is 2.46. The number of methoxy groups -OCH3 is 2. The number of aryl methyl sites for hydroxylation is 1. The van der Waals surface area contributed by atoms with Gasteiger partial charge in [-0.1, -0.05) is 13.8 Å². The van der Waals surface area contributed by atoms with Gasteiger partial charge in [-0.15, -0.1) is 0 Å². The van der Waals surface area contributed by atoms with Crippen molar-refractivity contribution in [1.82, 2.24) is 5.32 Å². The lowest BCUT2D eigenvalue weighted by atomic mass is 10.1. The Morgan fingerprint density at radius 1 is 1.12 bits per heavy atom. The molecule has 0 aliphatic rings. The van der Waals surface area contributed by atoms with Gasteiger partial charge in [0.25, 0.3) is 0 Å². The Kier molecular flexibility index (Phi) is 4.62. The van der Waals surface area contributed by atoms with E-state index in [1.54, 1.807) is 14.2 Å². The Morgan fingerprint density at radius 3 is 2.19 bits per heavy atom. The van der Waals surface area contributed by atoms with Gasteiger partial charge in [-0.05, 0) is 30.2 Å². The van der Waals surface area contributed by atoms with E-state index in [0.29, 0.717) is 6.04 Å². The summed E-state index contributed by atoms with van der Waals surface area (Å²) in [7, 11) is 3.32. The molecule has 0 aliphatic carbocycles. The van der Waals surface area contributed by atoms with Gasteiger partial charge in [0, 0.05) is 12.6 Å². The molecule has 0 saturated heterocycles. The van der Waals surface area contributed by atoms with Crippen molar-refractivity contribution in [2.45, 2.75) is 33.4 Å². The highest BCUT2D eigenvalue weighted by molar-refractivity contribution is 5.46. The highest BCUT2D eigenvalue weighted by Crippen LogP contribution is 2.30. The molecule has 3 heteroatoms. The lowest BCUT2D eigenvalue weighted by Gasteiger charge is -2.14. The van der Waals surface area contributed by atoms with Crippen LogP contribution in [0.15, 0.2) is 12.1 Å². The normalized spacial score (nSPS) is 10.6. The lowest BCUT2D eigenvalue weighted by Crippen LogP contribution is -2.22. The zero-order valence-corrected chi connectivity index (χ0v) is 10.8. The highest BCUT2D eigenvalue weighted by Gasteiger charge is 2.08. The van der Waals surface area contributed by atoms with E-state index in [4.69, 9.17) is 9.47 Å². The first-order chi connectivity index (χ1) is 7.58. The van der Waals surface area contributed by atoms with Crippen molar-refractivity contribution in [3.63, 3.8) is 0 Å². The largest absolute Gasteiger partial charge is 0.493 e. The minimum absolute atomic E-state index is 0.479. The first-order valence-corrected chi connectivity index (χ1v) is 5.53. The number of hydrogen-bond donors (Lipinski definition) is 1. The molecule has 3 nitrogen and oxygen atoms in total. The summed E-state index contributed by atoms with van der Waals surface area (Å²) in [6, 6.07) is 4.52. The maximum absolute atomic E-state index is 5.29. The fourth-order valence-corrected chi connectivity index (χ4v) is 1.53. The Hall–Kier alpha value is -1.22. The molecule has 1 aromatic rings. The first kappa shape index (κ1) is 12.8. The molecule has 90 valence electrons. The van der Waals surface area contributed by atoms with Gasteiger partial charge in [0.1, 0.15) is 0 Å². The van der Waals surface area contributed by atoms with Gasteiger partial charge < -0.3 is 14.8 Å². The summed E-state index contributed by atoms with van der Waals surface area (Å²) in [5, 5.41) is 3.40. The van der Waals surface area contributed by atoms with Crippen LogP contribution in [-0.4, -0.2) is 20.3 Å². The zero-order chi connectivity index (χ0) is 12.1. The Morgan fingerprint density at radius 2 is 1.69 bits per heavy atom. The summed E-state index contributed by atoms with van der Waals surface area (Å²) in [6.07, 6.45) is 0. The van der Waals surface area contributed by atoms with E-state index in [9.17, 15) is 0 Å². The van der Waals surface area contributed by atoms with Gasteiger partial charge in [-0.25, -0.2) is 0 Å². The van der Waals surface area contributed by atoms with Crippen LogP contribution in [0.4, 0.5) is 0 Å². The van der Waals surface area contributed by atoms with Crippen LogP contribution in [0.3, 0.4) is 0 Å². The second-order valence-electron chi connectivity index (χ2n) is 4.17. The lowest BCUT2D eigenvalue weighted by molar-refractivity contribution is 0.354. The third kappa shape index (κ3) is 3.14. The number of rotatable bonds is 5. The average Bonchev–Trinajstić information content (AvgIpc) is 2.26. The fraction of sp³-hybridized carbons (Fsp3) is 0.538. The van der Waals surface area contributed by atoms with Crippen LogP contribution in [0.1, 0.15) is 25.0 Å². The van der Waals surface area contributed by atoms with Crippen LogP contribution in [0.5, 0.6) is 11.5 Å². The van der Waals surface area contributed by atoms with E-state index in [1.807, 2.05) is 12.1 Å². The smallest absolute Gasteiger partial charge is 0.161 e. The van der Waals surface area contributed by atoms with Crippen molar-refractivity contribution in [2.24, 2.45) is 0 Å². The number of hydrogen-bond acceptors (Lipinski definition) is 3. The van der Waals surface area contributed by atoms with Crippen LogP contribution < -0.4 is 14.8 Å². The van der Waals surface area contributed by atoms with Gasteiger partial charge in [0.05, 0.1) is 14.2 Å². The summed E-state index contributed by atoms with van der Waals surface area (Å²) < 4.78 is 10.5. The third-order valence-electron chi connectivity index (χ3n) is 2.54. The standard InChI is InChI=1S/C13H21NO2/c1-9(2)14-8-11-7-13(16-5)12(15-4)6-10(11)3/h6-7,9,14H,8H2,1-5H3. The Balaban J connectivity index is 2.92. The number of nitrogens with one attached hydrogen (secondary N) is 1. The molecule has 0 amide bonds. The van der Waals surface area contributed by atoms with Crippen molar-refractivity contribution in [2.75, 3.05) is 14.2 Å². The molecule has 0 atom stereocenters. The molecule has 0 aliphatic heterocycles. The molecule has 1 rings (SSSR count). The predicted octanol–water partition coefficient (Wildman–Crippen LogP) is 2.51. The molecule has 0 bridgehead atoms. The average molecular weight is 223 g/mol. The maximum Gasteiger partial charge on any atom is 0.161 e. The van der Waals surface area contributed by atoms with E-state index in [2.05, 4.69) is 26.1 Å². The zero-order valence-electron chi connectivity index (χ0n) is 10.8. The number of benzene rings is 1. The molecular formula is C13H21NO2. The van der Waals surface area contributed by atoms with E-state index in [1.165, 1.54) is 11.1 Å². The molecule has 0 unspecified atom stereocenters. The molecule has 0 saturated carbocycles. The van der Waals surface area contributed by atoms with Crippen LogP contribution >= 0.6 is 0 Å². The Bertz CT molecular complexity index is 348. The molecule has 0 radical (unpaired) electrons. The van der Waals surface area contributed by atoms with Crippen molar-refractivity contribution in [3.8, 4) is 11.5 Å². The fourth-order valence-electron chi connectivity index (χ4n) is 1.53. The van der Waals surface area contributed by atoms with Crippen LogP contribution in [0.2, 0.25) is 0 Å². The second-order valence-corrected chi connectivity index (χ2v) is 4.17. The summed E-state index contributed by atoms with van der Waals surface area (Å²) in [5.74, 6) is 1.57. The van der Waals surface area contributed by atoms with Crippen molar-refractivity contribution in [1.29, 1.82) is 0 Å². The van der Waals surface area contributed by atoms with E-state index in [-0.39, 0.29) is 0 Å². The summed E-state index contributed by atoms with van der Waals surface area (Å²) in [6.45, 7) is 7.20. The van der Waals surface area contributed by atoms with Gasteiger partial charge in [-0.2, -0.15) is 0 Å². The predicted molar refractivity (Wildman–Crippen MR) is 66.3 cm³/mol. The molecule has 0 aromatic heterocycles. The SMILES string of the molecule is COc1cc(C)c(CNC(C)C)cc1OC. The Labute approximate surface area is 97.8 Å². The minimum Gasteiger partial charge on any atom is -0.493 e. The highest BCUT2D eigenvalue weighted by atomic mass is 16.5. The van der Waals surface area contributed by atoms with Gasteiger partial charge in [0.15, 0.2) is 11.5 Å². The van der Waals surface area contributed by atoms with E-state index >= 15 is 0 Å². The second kappa shape index (κ2) is 5.75. The van der Waals surface area contributed by atoms with E-state index in [0.717, 1.165) is 18.0 Å². The molecule has 1 N–H and O–H groups in total. The molecule has 16 heavy (non-hydrogen) atoms. The topological polar surface area (TPSA) is 30.5 Å². The molecule has 0 fully saturated rings. The molecule has 1 aromatic carbocycles. The van der Waals surface area contributed by atoms with Crippen LogP contribution in [-0.2, 0) is 6.54 Å². The maximum atomic E-state index is 5.29. The number of ether oxygens (including phenoxy) is 2. The van der Waals surface area contributed by atoms with Crippen LogP contribution in [0, 0.1) is 6.92 Å². The minimum atomic E-state index is 0.479. The summed E-state index contributed by atoms with van der Waals surface area (Å²) in [4.78, 5) is 0. The molecular weight excluding hydrogens is 202 g/mol. The quantitative estimate of drug-likeness (QED) is 0.832. The molecule has 0 spiro atoms. The van der Waals surface area contributed by atoms with E-state index < -0.39 is 0 Å². The van der Waals surface area contributed by atoms with Gasteiger partial charge in [-0.3, -0.25) is 0 Å². The summed E-state index contributed by atoms with van der Waals surface area (Å²) >= 11 is 0. The molecule has 0 heterocycles. The first-order valence-electron chi connectivity index (χ1n) is 5.53. The van der Waals surface area contributed by atoms with Crippen molar-refractivity contribution >= 4 is 0 Å². The van der Waals surface area contributed by atoms with Crippen LogP contribution in [0.25, 0.3) is 0 Å². The third-order valence-corrected chi connectivity index (χ3v) is 2.54. The van der Waals surface area contributed by atoms with Gasteiger partial charge in [0.2, 0.25) is 0 Å². The monoisotopic (exact) mass is 223 g/mol. The van der Waals surface area contributed by atoms with Crippen molar-refractivity contribution < 1.29 is 9.47 Å². The van der Waals surface area contributed by atoms with Crippen molar-refractivity contribution in [3.05, 3.63) is 23.3 Å². The van der Waals surface area contributed by atoms with Gasteiger partial charge >= 0.3 is 0 Å².